The van der Waals surface area contributed by atoms with Crippen molar-refractivity contribution in [1.29, 1.82) is 0 Å². The number of imidazole rings is 1. The Morgan fingerprint density at radius 3 is 2.91 bits per heavy atom. The number of aromatic nitrogens is 5. The highest BCUT2D eigenvalue weighted by Gasteiger charge is 2.11. The molecule has 0 aliphatic rings. The van der Waals surface area contributed by atoms with E-state index in [1.807, 2.05) is 41.2 Å². The lowest BCUT2D eigenvalue weighted by Crippen LogP contribution is -2.04. The van der Waals surface area contributed by atoms with Gasteiger partial charge in [-0.25, -0.2) is 15.0 Å². The van der Waals surface area contributed by atoms with Crippen molar-refractivity contribution in [3.8, 4) is 5.82 Å². The zero-order chi connectivity index (χ0) is 14.9. The Hall–Kier alpha value is -3.15. The molecule has 1 aromatic carbocycles. The van der Waals surface area contributed by atoms with E-state index in [0.717, 1.165) is 34.1 Å². The average Bonchev–Trinajstić information content (AvgIpc) is 3.18. The Kier molecular flexibility index (Phi) is 2.86. The zero-order valence-electron chi connectivity index (χ0n) is 12.0. The summed E-state index contributed by atoms with van der Waals surface area (Å²) >= 11 is 0. The van der Waals surface area contributed by atoms with E-state index < -0.39 is 0 Å². The molecule has 0 fully saturated rings. The van der Waals surface area contributed by atoms with Gasteiger partial charge in [0.15, 0.2) is 5.82 Å². The number of rotatable bonds is 3. The minimum Gasteiger partial charge on any atom is -0.346 e. The lowest BCUT2D eigenvalue weighted by molar-refractivity contribution is 0.998. The van der Waals surface area contributed by atoms with Crippen LogP contribution in [0.25, 0.3) is 16.9 Å². The van der Waals surface area contributed by atoms with Crippen molar-refractivity contribution in [2.75, 3.05) is 5.32 Å². The number of aryl methyl sites for hydroxylation is 1. The van der Waals surface area contributed by atoms with Gasteiger partial charge >= 0.3 is 0 Å². The van der Waals surface area contributed by atoms with Crippen LogP contribution in [0.4, 0.5) is 11.6 Å². The van der Waals surface area contributed by atoms with Gasteiger partial charge in [-0.2, -0.15) is 0 Å². The summed E-state index contributed by atoms with van der Waals surface area (Å²) in [6, 6.07) is 10.1. The van der Waals surface area contributed by atoms with Crippen molar-refractivity contribution in [3.63, 3.8) is 0 Å². The van der Waals surface area contributed by atoms with Crippen molar-refractivity contribution >= 4 is 22.7 Å². The van der Waals surface area contributed by atoms with E-state index >= 15 is 0 Å². The summed E-state index contributed by atoms with van der Waals surface area (Å²) in [7, 11) is 0. The van der Waals surface area contributed by atoms with Crippen molar-refractivity contribution in [2.24, 2.45) is 0 Å². The maximum atomic E-state index is 4.40. The first-order valence-corrected chi connectivity index (χ1v) is 6.97. The fourth-order valence-electron chi connectivity index (χ4n) is 2.45. The van der Waals surface area contributed by atoms with Crippen molar-refractivity contribution < 1.29 is 0 Å². The molecule has 108 valence electrons. The first kappa shape index (κ1) is 12.6. The van der Waals surface area contributed by atoms with Crippen LogP contribution in [0.3, 0.4) is 0 Å². The van der Waals surface area contributed by atoms with Crippen LogP contribution in [0.5, 0.6) is 0 Å². The number of aromatic amines is 1. The molecule has 0 radical (unpaired) electrons. The summed E-state index contributed by atoms with van der Waals surface area (Å²) in [6.45, 7) is 2.06. The SMILES string of the molecule is Cc1ccccc1Nc1nccn1-c1ncnc2[nH]ccc12. The molecule has 0 atom stereocenters. The van der Waals surface area contributed by atoms with Crippen LogP contribution in [0, 0.1) is 6.92 Å². The molecule has 0 amide bonds. The Bertz CT molecular complexity index is 936. The van der Waals surface area contributed by atoms with Crippen LogP contribution in [-0.2, 0) is 0 Å². The lowest BCUT2D eigenvalue weighted by Gasteiger charge is -2.11. The summed E-state index contributed by atoms with van der Waals surface area (Å²) in [5, 5.41) is 4.31. The molecule has 4 aromatic rings. The number of nitrogens with zero attached hydrogens (tertiary/aromatic N) is 4. The molecule has 2 N–H and O–H groups in total. The Labute approximate surface area is 126 Å². The van der Waals surface area contributed by atoms with Gasteiger partial charge in [-0.3, -0.25) is 4.57 Å². The highest BCUT2D eigenvalue weighted by atomic mass is 15.2. The van der Waals surface area contributed by atoms with Crippen LogP contribution < -0.4 is 5.32 Å². The molecule has 0 aliphatic heterocycles. The minimum absolute atomic E-state index is 0.718. The monoisotopic (exact) mass is 290 g/mol. The summed E-state index contributed by atoms with van der Waals surface area (Å²) < 4.78 is 1.92. The molecule has 0 spiro atoms. The average molecular weight is 290 g/mol. The fourth-order valence-corrected chi connectivity index (χ4v) is 2.45. The zero-order valence-corrected chi connectivity index (χ0v) is 12.0. The number of anilines is 2. The third-order valence-corrected chi connectivity index (χ3v) is 3.59. The van der Waals surface area contributed by atoms with E-state index in [-0.39, 0.29) is 0 Å². The number of H-pyrrole nitrogens is 1. The molecule has 3 aromatic heterocycles. The molecular weight excluding hydrogens is 276 g/mol. The fraction of sp³-hybridized carbons (Fsp3) is 0.0625. The standard InChI is InChI=1S/C16H14N6/c1-11-4-2-3-5-13(11)21-16-18-8-9-22(16)15-12-6-7-17-14(12)19-10-20-15/h2-10H,1H3,(H,18,21)(H,17,19,20). The number of fused-ring (bicyclic) bond motifs is 1. The van der Waals surface area contributed by atoms with E-state index in [1.165, 1.54) is 0 Å². The first-order valence-electron chi connectivity index (χ1n) is 6.97. The predicted molar refractivity (Wildman–Crippen MR) is 85.5 cm³/mol. The van der Waals surface area contributed by atoms with E-state index in [1.54, 1.807) is 12.5 Å². The highest BCUT2D eigenvalue weighted by molar-refractivity contribution is 5.83. The molecule has 0 bridgehead atoms. The van der Waals surface area contributed by atoms with Gasteiger partial charge in [0.25, 0.3) is 0 Å². The summed E-state index contributed by atoms with van der Waals surface area (Å²) in [5.74, 6) is 1.51. The second kappa shape index (κ2) is 5.00. The van der Waals surface area contributed by atoms with E-state index in [0.29, 0.717) is 0 Å². The van der Waals surface area contributed by atoms with E-state index in [9.17, 15) is 0 Å². The van der Waals surface area contributed by atoms with Gasteiger partial charge in [0.05, 0.1) is 5.39 Å². The molecule has 3 heterocycles. The van der Waals surface area contributed by atoms with Crippen LogP contribution in [0.15, 0.2) is 55.2 Å². The molecule has 6 nitrogen and oxygen atoms in total. The second-order valence-corrected chi connectivity index (χ2v) is 5.00. The van der Waals surface area contributed by atoms with Gasteiger partial charge in [0.1, 0.15) is 12.0 Å². The third-order valence-electron chi connectivity index (χ3n) is 3.59. The van der Waals surface area contributed by atoms with Gasteiger partial charge in [-0.05, 0) is 24.6 Å². The summed E-state index contributed by atoms with van der Waals surface area (Å²) in [5.41, 5.74) is 2.99. The van der Waals surface area contributed by atoms with Crippen LogP contribution in [0.2, 0.25) is 0 Å². The van der Waals surface area contributed by atoms with E-state index in [4.69, 9.17) is 0 Å². The first-order chi connectivity index (χ1) is 10.8. The molecule has 6 heteroatoms. The Morgan fingerprint density at radius 1 is 1.09 bits per heavy atom. The molecule has 4 rings (SSSR count). The van der Waals surface area contributed by atoms with Crippen molar-refractivity contribution in [3.05, 3.63) is 60.8 Å². The molecule has 0 saturated carbocycles. The number of benzene rings is 1. The van der Waals surface area contributed by atoms with Crippen molar-refractivity contribution in [1.82, 2.24) is 24.5 Å². The molecule has 0 saturated heterocycles. The summed E-state index contributed by atoms with van der Waals surface area (Å²) in [4.78, 5) is 16.1. The maximum Gasteiger partial charge on any atom is 0.213 e. The topological polar surface area (TPSA) is 71.4 Å². The van der Waals surface area contributed by atoms with Gasteiger partial charge in [0, 0.05) is 24.3 Å². The van der Waals surface area contributed by atoms with Gasteiger partial charge in [-0.15, -0.1) is 0 Å². The van der Waals surface area contributed by atoms with E-state index in [2.05, 4.69) is 38.2 Å². The molecule has 0 unspecified atom stereocenters. The number of hydrogen-bond donors (Lipinski definition) is 2. The number of nitrogens with one attached hydrogen (secondary N) is 2. The largest absolute Gasteiger partial charge is 0.346 e. The maximum absolute atomic E-state index is 4.40. The number of para-hydroxylation sites is 1. The Balaban J connectivity index is 1.80. The summed E-state index contributed by atoms with van der Waals surface area (Å²) in [6.07, 6.45) is 7.04. The van der Waals surface area contributed by atoms with Gasteiger partial charge in [0.2, 0.25) is 5.95 Å². The molecule has 0 aliphatic carbocycles. The second-order valence-electron chi connectivity index (χ2n) is 5.00. The van der Waals surface area contributed by atoms with Gasteiger partial charge in [-0.1, -0.05) is 18.2 Å². The number of hydrogen-bond acceptors (Lipinski definition) is 4. The lowest BCUT2D eigenvalue weighted by atomic mass is 10.2. The Morgan fingerprint density at radius 2 is 2.00 bits per heavy atom. The van der Waals surface area contributed by atoms with Crippen LogP contribution >= 0.6 is 0 Å². The minimum atomic E-state index is 0.718. The molecular formula is C16H14N6. The molecule has 22 heavy (non-hydrogen) atoms. The van der Waals surface area contributed by atoms with Crippen LogP contribution in [0.1, 0.15) is 5.56 Å². The quantitative estimate of drug-likeness (QED) is 0.608. The van der Waals surface area contributed by atoms with Crippen LogP contribution in [-0.4, -0.2) is 24.5 Å². The third kappa shape index (κ3) is 2.01. The predicted octanol–water partition coefficient (Wildman–Crippen LogP) is 3.20. The highest BCUT2D eigenvalue weighted by Crippen LogP contribution is 2.24. The normalized spacial score (nSPS) is 11.0. The van der Waals surface area contributed by atoms with Gasteiger partial charge < -0.3 is 10.3 Å². The van der Waals surface area contributed by atoms with Crippen molar-refractivity contribution in [2.45, 2.75) is 6.92 Å². The smallest absolute Gasteiger partial charge is 0.213 e.